The summed E-state index contributed by atoms with van der Waals surface area (Å²) in [6.07, 6.45) is 6.70. The van der Waals surface area contributed by atoms with E-state index in [0.717, 1.165) is 32.4 Å². The van der Waals surface area contributed by atoms with Crippen LogP contribution in [-0.2, 0) is 4.74 Å². The molecule has 1 rings (SSSR count). The van der Waals surface area contributed by atoms with Gasteiger partial charge in [-0.2, -0.15) is 0 Å². The number of carbonyl (C=O) groups excluding carboxylic acids is 1. The standard InChI is InChI=1S/C13H26N2O2/c1-3-9-14-10-11(2)17-13(16)15-12-7-5-4-6-8-12/h11-12,14H,3-10H2,1-2H3,(H,15,16). The highest BCUT2D eigenvalue weighted by atomic mass is 16.6. The Morgan fingerprint density at radius 1 is 1.35 bits per heavy atom. The summed E-state index contributed by atoms with van der Waals surface area (Å²) in [5.41, 5.74) is 0. The fraction of sp³-hybridized carbons (Fsp3) is 0.923. The molecule has 1 unspecified atom stereocenters. The van der Waals surface area contributed by atoms with Gasteiger partial charge in [-0.25, -0.2) is 4.79 Å². The van der Waals surface area contributed by atoms with Crippen molar-refractivity contribution in [2.45, 2.75) is 64.5 Å². The highest BCUT2D eigenvalue weighted by Gasteiger charge is 2.17. The molecule has 0 spiro atoms. The van der Waals surface area contributed by atoms with Gasteiger partial charge in [-0.05, 0) is 32.7 Å². The van der Waals surface area contributed by atoms with Crippen molar-refractivity contribution in [2.75, 3.05) is 13.1 Å². The summed E-state index contributed by atoms with van der Waals surface area (Å²) in [6, 6.07) is 0.326. The van der Waals surface area contributed by atoms with E-state index < -0.39 is 0 Å². The number of amides is 1. The zero-order valence-electron chi connectivity index (χ0n) is 11.1. The molecule has 0 bridgehead atoms. The number of nitrogens with one attached hydrogen (secondary N) is 2. The average Bonchev–Trinajstić information content (AvgIpc) is 2.30. The third-order valence-corrected chi connectivity index (χ3v) is 3.09. The van der Waals surface area contributed by atoms with Crippen LogP contribution < -0.4 is 10.6 Å². The zero-order valence-corrected chi connectivity index (χ0v) is 11.1. The molecule has 0 aromatic rings. The lowest BCUT2D eigenvalue weighted by molar-refractivity contribution is 0.101. The van der Waals surface area contributed by atoms with E-state index in [1.165, 1.54) is 19.3 Å². The molecule has 1 aliphatic rings. The lowest BCUT2D eigenvalue weighted by atomic mass is 9.96. The highest BCUT2D eigenvalue weighted by Crippen LogP contribution is 2.17. The lowest BCUT2D eigenvalue weighted by Crippen LogP contribution is -2.39. The van der Waals surface area contributed by atoms with Crippen LogP contribution in [0.3, 0.4) is 0 Å². The maximum absolute atomic E-state index is 11.6. The van der Waals surface area contributed by atoms with Gasteiger partial charge in [0.1, 0.15) is 6.10 Å². The first-order chi connectivity index (χ1) is 8.22. The summed E-state index contributed by atoms with van der Waals surface area (Å²) in [5, 5.41) is 6.19. The Balaban J connectivity index is 2.10. The van der Waals surface area contributed by atoms with Gasteiger partial charge in [0.15, 0.2) is 0 Å². The average molecular weight is 242 g/mol. The van der Waals surface area contributed by atoms with Gasteiger partial charge in [0.2, 0.25) is 0 Å². The van der Waals surface area contributed by atoms with E-state index in [1.807, 2.05) is 6.92 Å². The van der Waals surface area contributed by atoms with Crippen LogP contribution in [0.2, 0.25) is 0 Å². The first-order valence-corrected chi connectivity index (χ1v) is 6.90. The molecular weight excluding hydrogens is 216 g/mol. The molecule has 100 valence electrons. The Bertz CT molecular complexity index is 215. The molecule has 4 heteroatoms. The quantitative estimate of drug-likeness (QED) is 0.703. The molecule has 0 heterocycles. The van der Waals surface area contributed by atoms with Crippen molar-refractivity contribution in [1.29, 1.82) is 0 Å². The second kappa shape index (κ2) is 8.34. The van der Waals surface area contributed by atoms with E-state index in [9.17, 15) is 4.79 Å². The van der Waals surface area contributed by atoms with Crippen LogP contribution in [0.5, 0.6) is 0 Å². The molecule has 0 aliphatic heterocycles. The Morgan fingerprint density at radius 2 is 2.06 bits per heavy atom. The fourth-order valence-corrected chi connectivity index (χ4v) is 2.15. The van der Waals surface area contributed by atoms with Gasteiger partial charge in [0, 0.05) is 12.6 Å². The van der Waals surface area contributed by atoms with E-state index in [1.54, 1.807) is 0 Å². The summed E-state index contributed by atoms with van der Waals surface area (Å²) in [6.45, 7) is 5.74. The molecule has 1 fully saturated rings. The number of rotatable bonds is 6. The van der Waals surface area contributed by atoms with E-state index in [2.05, 4.69) is 17.6 Å². The molecule has 0 saturated heterocycles. The highest BCUT2D eigenvalue weighted by molar-refractivity contribution is 5.67. The van der Waals surface area contributed by atoms with Crippen molar-refractivity contribution in [3.05, 3.63) is 0 Å². The second-order valence-corrected chi connectivity index (χ2v) is 4.90. The third kappa shape index (κ3) is 6.51. The molecule has 1 amide bonds. The Morgan fingerprint density at radius 3 is 2.71 bits per heavy atom. The van der Waals surface area contributed by atoms with Gasteiger partial charge in [-0.15, -0.1) is 0 Å². The zero-order chi connectivity index (χ0) is 12.5. The van der Waals surface area contributed by atoms with E-state index >= 15 is 0 Å². The molecule has 4 nitrogen and oxygen atoms in total. The van der Waals surface area contributed by atoms with Crippen LogP contribution in [0.4, 0.5) is 4.79 Å². The van der Waals surface area contributed by atoms with Crippen LogP contribution in [0, 0.1) is 0 Å². The maximum atomic E-state index is 11.6. The molecule has 0 radical (unpaired) electrons. The molecule has 0 aromatic heterocycles. The number of ether oxygens (including phenoxy) is 1. The van der Waals surface area contributed by atoms with Gasteiger partial charge in [-0.3, -0.25) is 0 Å². The molecule has 0 aromatic carbocycles. The normalized spacial score (nSPS) is 18.7. The van der Waals surface area contributed by atoms with Crippen LogP contribution in [0.25, 0.3) is 0 Å². The summed E-state index contributed by atoms with van der Waals surface area (Å²) in [4.78, 5) is 11.6. The molecule has 2 N–H and O–H groups in total. The predicted octanol–water partition coefficient (Wildman–Crippen LogP) is 2.43. The van der Waals surface area contributed by atoms with E-state index in [-0.39, 0.29) is 12.2 Å². The minimum atomic E-state index is -0.261. The van der Waals surface area contributed by atoms with Gasteiger partial charge in [0.05, 0.1) is 0 Å². The van der Waals surface area contributed by atoms with Gasteiger partial charge in [-0.1, -0.05) is 26.2 Å². The largest absolute Gasteiger partial charge is 0.445 e. The van der Waals surface area contributed by atoms with Crippen molar-refractivity contribution in [1.82, 2.24) is 10.6 Å². The predicted molar refractivity (Wildman–Crippen MR) is 69.1 cm³/mol. The molecule has 1 atom stereocenters. The second-order valence-electron chi connectivity index (χ2n) is 4.90. The Hall–Kier alpha value is -0.770. The van der Waals surface area contributed by atoms with Crippen LogP contribution in [0.15, 0.2) is 0 Å². The summed E-state index contributed by atoms with van der Waals surface area (Å²) >= 11 is 0. The van der Waals surface area contributed by atoms with E-state index in [0.29, 0.717) is 6.04 Å². The first-order valence-electron chi connectivity index (χ1n) is 6.90. The molecule has 1 aliphatic carbocycles. The minimum absolute atomic E-state index is 0.0647. The van der Waals surface area contributed by atoms with Gasteiger partial charge >= 0.3 is 6.09 Å². The van der Waals surface area contributed by atoms with Crippen molar-refractivity contribution >= 4 is 6.09 Å². The van der Waals surface area contributed by atoms with Crippen molar-refractivity contribution < 1.29 is 9.53 Å². The fourth-order valence-electron chi connectivity index (χ4n) is 2.15. The SMILES string of the molecule is CCCNCC(C)OC(=O)NC1CCCCC1. The number of alkyl carbamates (subject to hydrolysis) is 1. The van der Waals surface area contributed by atoms with Crippen LogP contribution >= 0.6 is 0 Å². The van der Waals surface area contributed by atoms with Crippen molar-refractivity contribution in [2.24, 2.45) is 0 Å². The van der Waals surface area contributed by atoms with Gasteiger partial charge < -0.3 is 15.4 Å². The van der Waals surface area contributed by atoms with Crippen LogP contribution in [-0.4, -0.2) is 31.3 Å². The monoisotopic (exact) mass is 242 g/mol. The molecule has 17 heavy (non-hydrogen) atoms. The minimum Gasteiger partial charge on any atom is -0.445 e. The summed E-state index contributed by atoms with van der Waals surface area (Å²) in [7, 11) is 0. The van der Waals surface area contributed by atoms with Crippen molar-refractivity contribution in [3.63, 3.8) is 0 Å². The van der Waals surface area contributed by atoms with Crippen LogP contribution in [0.1, 0.15) is 52.4 Å². The van der Waals surface area contributed by atoms with Crippen molar-refractivity contribution in [3.8, 4) is 0 Å². The first kappa shape index (κ1) is 14.3. The maximum Gasteiger partial charge on any atom is 0.407 e. The van der Waals surface area contributed by atoms with Gasteiger partial charge in [0.25, 0.3) is 0 Å². The molecular formula is C13H26N2O2. The third-order valence-electron chi connectivity index (χ3n) is 3.09. The Labute approximate surface area is 104 Å². The Kier molecular flexibility index (Phi) is 7.01. The summed E-state index contributed by atoms with van der Waals surface area (Å²) in [5.74, 6) is 0. The molecule has 1 saturated carbocycles. The topological polar surface area (TPSA) is 50.4 Å². The number of hydrogen-bond acceptors (Lipinski definition) is 3. The lowest BCUT2D eigenvalue weighted by Gasteiger charge is -2.23. The summed E-state index contributed by atoms with van der Waals surface area (Å²) < 4.78 is 5.29. The number of hydrogen-bond donors (Lipinski definition) is 2. The number of carbonyl (C=O) groups is 1. The van der Waals surface area contributed by atoms with E-state index in [4.69, 9.17) is 4.74 Å². The smallest absolute Gasteiger partial charge is 0.407 e.